The van der Waals surface area contributed by atoms with Gasteiger partial charge in [-0.1, -0.05) is 18.6 Å². The summed E-state index contributed by atoms with van der Waals surface area (Å²) in [4.78, 5) is 23.6. The summed E-state index contributed by atoms with van der Waals surface area (Å²) in [5, 5.41) is 6.46. The number of ketones is 1. The van der Waals surface area contributed by atoms with Crippen molar-refractivity contribution in [3.63, 3.8) is 0 Å². The number of thioether (sulfide) groups is 1. The zero-order valence-corrected chi connectivity index (χ0v) is 14.5. The Balaban J connectivity index is 1.42. The van der Waals surface area contributed by atoms with E-state index in [9.17, 15) is 9.59 Å². The van der Waals surface area contributed by atoms with Gasteiger partial charge in [-0.15, -0.1) is 0 Å². The van der Waals surface area contributed by atoms with Gasteiger partial charge in [0.1, 0.15) is 0 Å². The highest BCUT2D eigenvalue weighted by Gasteiger charge is 2.42. The van der Waals surface area contributed by atoms with Crippen molar-refractivity contribution in [3.05, 3.63) is 34.9 Å². The summed E-state index contributed by atoms with van der Waals surface area (Å²) in [5.41, 5.74) is 3.23. The molecule has 5 heteroatoms. The second-order valence-corrected chi connectivity index (χ2v) is 7.86. The minimum Gasteiger partial charge on any atom is -0.332 e. The first-order valence-electron chi connectivity index (χ1n) is 8.33. The Morgan fingerprint density at radius 2 is 2.04 bits per heavy atom. The van der Waals surface area contributed by atoms with Gasteiger partial charge in [0.25, 0.3) is 0 Å². The monoisotopic (exact) mass is 332 g/mol. The SMILES string of the molecule is Cc1ccc(C(=O)CCCCC2SCC3NC(=O)NC32)cc1C. The summed E-state index contributed by atoms with van der Waals surface area (Å²) in [6, 6.07) is 6.47. The van der Waals surface area contributed by atoms with Gasteiger partial charge >= 0.3 is 6.03 Å². The molecular formula is C18H24N2O2S. The van der Waals surface area contributed by atoms with Crippen molar-refractivity contribution in [2.75, 3.05) is 5.75 Å². The Bertz CT molecular complexity index is 617. The van der Waals surface area contributed by atoms with Gasteiger partial charge in [-0.05, 0) is 43.9 Å². The van der Waals surface area contributed by atoms with E-state index in [-0.39, 0.29) is 23.9 Å². The smallest absolute Gasteiger partial charge is 0.315 e. The lowest BCUT2D eigenvalue weighted by Crippen LogP contribution is -2.36. The van der Waals surface area contributed by atoms with Crippen LogP contribution in [0.4, 0.5) is 4.79 Å². The van der Waals surface area contributed by atoms with E-state index in [4.69, 9.17) is 0 Å². The minimum absolute atomic E-state index is 0.0322. The standard InChI is InChI=1S/C18H24N2O2S/c1-11-7-8-13(9-12(11)2)15(21)5-3-4-6-16-17-14(10-23-16)19-18(22)20-17/h7-9,14,16-17H,3-6,10H2,1-2H3,(H2,19,20,22). The van der Waals surface area contributed by atoms with Crippen molar-refractivity contribution < 1.29 is 9.59 Å². The Morgan fingerprint density at radius 3 is 2.83 bits per heavy atom. The van der Waals surface area contributed by atoms with Crippen LogP contribution in [-0.2, 0) is 0 Å². The number of fused-ring (bicyclic) bond motifs is 1. The molecular weight excluding hydrogens is 308 g/mol. The number of unbranched alkanes of at least 4 members (excludes halogenated alkanes) is 1. The van der Waals surface area contributed by atoms with E-state index in [2.05, 4.69) is 17.6 Å². The topological polar surface area (TPSA) is 58.2 Å². The molecule has 0 radical (unpaired) electrons. The van der Waals surface area contributed by atoms with E-state index in [0.717, 1.165) is 30.6 Å². The number of nitrogens with one attached hydrogen (secondary N) is 2. The average molecular weight is 332 g/mol. The molecule has 2 heterocycles. The molecule has 2 fully saturated rings. The fourth-order valence-electron chi connectivity index (χ4n) is 3.33. The van der Waals surface area contributed by atoms with Crippen LogP contribution in [-0.4, -0.2) is 34.9 Å². The molecule has 0 spiro atoms. The molecule has 23 heavy (non-hydrogen) atoms. The summed E-state index contributed by atoms with van der Waals surface area (Å²) in [7, 11) is 0. The molecule has 3 atom stereocenters. The van der Waals surface area contributed by atoms with Crippen molar-refractivity contribution in [2.24, 2.45) is 0 Å². The summed E-state index contributed by atoms with van der Waals surface area (Å²) in [6.45, 7) is 4.11. The second-order valence-electron chi connectivity index (χ2n) is 6.59. The first-order valence-corrected chi connectivity index (χ1v) is 9.38. The Hall–Kier alpha value is -1.49. The van der Waals surface area contributed by atoms with Crippen LogP contribution >= 0.6 is 11.8 Å². The van der Waals surface area contributed by atoms with Gasteiger partial charge in [-0.2, -0.15) is 11.8 Å². The maximum atomic E-state index is 12.3. The van der Waals surface area contributed by atoms with E-state index in [1.807, 2.05) is 36.9 Å². The van der Waals surface area contributed by atoms with Crippen molar-refractivity contribution >= 4 is 23.6 Å². The zero-order chi connectivity index (χ0) is 16.4. The Labute approximate surface area is 141 Å². The van der Waals surface area contributed by atoms with E-state index in [1.165, 1.54) is 11.1 Å². The molecule has 0 aromatic heterocycles. The molecule has 2 saturated heterocycles. The molecule has 3 unspecified atom stereocenters. The fourth-order valence-corrected chi connectivity index (χ4v) is 4.88. The number of carbonyl (C=O) groups excluding carboxylic acids is 2. The Kier molecular flexibility index (Phi) is 4.95. The highest BCUT2D eigenvalue weighted by Crippen LogP contribution is 2.33. The molecule has 124 valence electrons. The predicted molar refractivity (Wildman–Crippen MR) is 94.2 cm³/mol. The molecule has 2 N–H and O–H groups in total. The second kappa shape index (κ2) is 6.95. The van der Waals surface area contributed by atoms with Gasteiger partial charge in [0.05, 0.1) is 12.1 Å². The molecule has 2 aliphatic heterocycles. The van der Waals surface area contributed by atoms with Gasteiger partial charge in [0.15, 0.2) is 5.78 Å². The normalized spacial score (nSPS) is 25.8. The van der Waals surface area contributed by atoms with Crippen LogP contribution < -0.4 is 10.6 Å². The lowest BCUT2D eigenvalue weighted by molar-refractivity contribution is 0.0979. The van der Waals surface area contributed by atoms with Crippen molar-refractivity contribution in [1.29, 1.82) is 0 Å². The molecule has 2 aliphatic rings. The van der Waals surface area contributed by atoms with Crippen molar-refractivity contribution in [3.8, 4) is 0 Å². The van der Waals surface area contributed by atoms with E-state index in [0.29, 0.717) is 11.7 Å². The molecule has 1 aromatic carbocycles. The van der Waals surface area contributed by atoms with E-state index >= 15 is 0 Å². The lowest BCUT2D eigenvalue weighted by Gasteiger charge is -2.16. The third-order valence-electron chi connectivity index (χ3n) is 4.91. The minimum atomic E-state index is -0.0322. The number of hydrogen-bond acceptors (Lipinski definition) is 3. The van der Waals surface area contributed by atoms with E-state index < -0.39 is 0 Å². The lowest BCUT2D eigenvalue weighted by atomic mass is 9.99. The average Bonchev–Trinajstić information content (AvgIpc) is 3.06. The predicted octanol–water partition coefficient (Wildman–Crippen LogP) is 3.21. The maximum Gasteiger partial charge on any atom is 0.315 e. The largest absolute Gasteiger partial charge is 0.332 e. The van der Waals surface area contributed by atoms with Crippen LogP contribution in [0.5, 0.6) is 0 Å². The van der Waals surface area contributed by atoms with Gasteiger partial charge in [-0.25, -0.2) is 4.79 Å². The molecule has 1 aromatic rings. The van der Waals surface area contributed by atoms with Crippen LogP contribution in [0.25, 0.3) is 0 Å². The van der Waals surface area contributed by atoms with Gasteiger partial charge in [0, 0.05) is 23.0 Å². The molecule has 3 rings (SSSR count). The van der Waals surface area contributed by atoms with E-state index in [1.54, 1.807) is 0 Å². The van der Waals surface area contributed by atoms with Crippen LogP contribution in [0.1, 0.15) is 47.2 Å². The molecule has 4 nitrogen and oxygen atoms in total. The van der Waals surface area contributed by atoms with Crippen molar-refractivity contribution in [2.45, 2.75) is 56.9 Å². The summed E-state index contributed by atoms with van der Waals surface area (Å²) >= 11 is 1.93. The zero-order valence-electron chi connectivity index (χ0n) is 13.7. The maximum absolute atomic E-state index is 12.3. The first-order chi connectivity index (χ1) is 11.0. The number of Topliss-reactive ketones (excluding diaryl/α,β-unsaturated/α-hetero) is 1. The van der Waals surface area contributed by atoms with Crippen LogP contribution in [0.2, 0.25) is 0 Å². The number of amides is 2. The number of aryl methyl sites for hydroxylation is 2. The first kappa shape index (κ1) is 16.4. The number of rotatable bonds is 6. The highest BCUT2D eigenvalue weighted by atomic mass is 32.2. The van der Waals surface area contributed by atoms with Gasteiger partial charge in [0.2, 0.25) is 0 Å². The third kappa shape index (κ3) is 3.71. The number of urea groups is 1. The van der Waals surface area contributed by atoms with Crippen LogP contribution in [0, 0.1) is 13.8 Å². The third-order valence-corrected chi connectivity index (χ3v) is 6.42. The molecule has 2 amide bonds. The van der Waals surface area contributed by atoms with Crippen molar-refractivity contribution in [1.82, 2.24) is 10.6 Å². The fraction of sp³-hybridized carbons (Fsp3) is 0.556. The highest BCUT2D eigenvalue weighted by molar-refractivity contribution is 8.00. The summed E-state index contributed by atoms with van der Waals surface area (Å²) in [5.74, 6) is 1.23. The quantitative estimate of drug-likeness (QED) is 0.478. The molecule has 0 aliphatic carbocycles. The number of carbonyl (C=O) groups is 2. The van der Waals surface area contributed by atoms with Crippen LogP contribution in [0.3, 0.4) is 0 Å². The number of hydrogen-bond donors (Lipinski definition) is 2. The van der Waals surface area contributed by atoms with Crippen LogP contribution in [0.15, 0.2) is 18.2 Å². The van der Waals surface area contributed by atoms with Gasteiger partial charge in [-0.3, -0.25) is 4.79 Å². The number of benzene rings is 1. The summed E-state index contributed by atoms with van der Waals surface area (Å²) in [6.07, 6.45) is 3.63. The Morgan fingerprint density at radius 1 is 1.22 bits per heavy atom. The molecule has 0 bridgehead atoms. The molecule has 0 saturated carbocycles. The van der Waals surface area contributed by atoms with Gasteiger partial charge < -0.3 is 10.6 Å². The summed E-state index contributed by atoms with van der Waals surface area (Å²) < 4.78 is 0.